The summed E-state index contributed by atoms with van der Waals surface area (Å²) < 4.78 is 0. The molecule has 0 aromatic carbocycles. The fourth-order valence-electron chi connectivity index (χ4n) is 2.01. The number of amides is 1. The predicted molar refractivity (Wildman–Crippen MR) is 69.2 cm³/mol. The SMILES string of the molecule is CCC(CC)C(=O)N(CCC(=O)O)C(CC)CO. The standard InChI is InChI=1S/C13H25NO4/c1-4-10(5-2)13(18)14(8-7-12(16)17)11(6-3)9-15/h10-11,15H,4-9H2,1-3H3,(H,16,17). The van der Waals surface area contributed by atoms with Crippen molar-refractivity contribution in [3.8, 4) is 0 Å². The molecule has 5 heteroatoms. The lowest BCUT2D eigenvalue weighted by Crippen LogP contribution is -2.46. The van der Waals surface area contributed by atoms with E-state index in [9.17, 15) is 14.7 Å². The molecule has 0 fully saturated rings. The van der Waals surface area contributed by atoms with Crippen LogP contribution >= 0.6 is 0 Å². The minimum Gasteiger partial charge on any atom is -0.481 e. The van der Waals surface area contributed by atoms with Crippen molar-refractivity contribution >= 4 is 11.9 Å². The molecule has 0 spiro atoms. The lowest BCUT2D eigenvalue weighted by molar-refractivity contribution is -0.142. The molecule has 0 saturated heterocycles. The van der Waals surface area contributed by atoms with E-state index in [2.05, 4.69) is 0 Å². The van der Waals surface area contributed by atoms with Crippen LogP contribution in [0.15, 0.2) is 0 Å². The first kappa shape index (κ1) is 16.9. The molecular formula is C13H25NO4. The molecule has 0 aromatic heterocycles. The number of rotatable bonds is 9. The van der Waals surface area contributed by atoms with Gasteiger partial charge in [0.2, 0.25) is 5.91 Å². The summed E-state index contributed by atoms with van der Waals surface area (Å²) in [5, 5.41) is 18.0. The Morgan fingerprint density at radius 2 is 1.67 bits per heavy atom. The van der Waals surface area contributed by atoms with E-state index in [4.69, 9.17) is 5.11 Å². The van der Waals surface area contributed by atoms with E-state index < -0.39 is 5.97 Å². The van der Waals surface area contributed by atoms with Crippen LogP contribution < -0.4 is 0 Å². The molecule has 18 heavy (non-hydrogen) atoms. The predicted octanol–water partition coefficient (Wildman–Crippen LogP) is 1.50. The lowest BCUT2D eigenvalue weighted by Gasteiger charge is -2.32. The highest BCUT2D eigenvalue weighted by Gasteiger charge is 2.26. The Morgan fingerprint density at radius 3 is 2.00 bits per heavy atom. The third kappa shape index (κ3) is 5.04. The monoisotopic (exact) mass is 259 g/mol. The molecule has 0 aromatic rings. The Balaban J connectivity index is 4.82. The van der Waals surface area contributed by atoms with Gasteiger partial charge < -0.3 is 15.1 Å². The second-order valence-electron chi connectivity index (χ2n) is 4.43. The van der Waals surface area contributed by atoms with Gasteiger partial charge in [-0.05, 0) is 19.3 Å². The van der Waals surface area contributed by atoms with Crippen LogP contribution in [0.4, 0.5) is 0 Å². The highest BCUT2D eigenvalue weighted by Crippen LogP contribution is 2.16. The number of aliphatic hydroxyl groups is 1. The van der Waals surface area contributed by atoms with Gasteiger partial charge in [-0.15, -0.1) is 0 Å². The largest absolute Gasteiger partial charge is 0.481 e. The topological polar surface area (TPSA) is 77.8 Å². The number of carboxylic acid groups (broad SMARTS) is 1. The molecule has 1 amide bonds. The Hall–Kier alpha value is -1.10. The van der Waals surface area contributed by atoms with Gasteiger partial charge in [-0.25, -0.2) is 0 Å². The lowest BCUT2D eigenvalue weighted by atomic mass is 10.00. The van der Waals surface area contributed by atoms with Crippen molar-refractivity contribution in [1.29, 1.82) is 0 Å². The minimum absolute atomic E-state index is 0.0397. The second-order valence-corrected chi connectivity index (χ2v) is 4.43. The summed E-state index contributed by atoms with van der Waals surface area (Å²) >= 11 is 0. The van der Waals surface area contributed by atoms with Crippen LogP contribution in [0.25, 0.3) is 0 Å². The van der Waals surface area contributed by atoms with E-state index in [1.54, 1.807) is 0 Å². The maximum Gasteiger partial charge on any atom is 0.305 e. The van der Waals surface area contributed by atoms with Gasteiger partial charge in [-0.1, -0.05) is 20.8 Å². The number of carbonyl (C=O) groups is 2. The van der Waals surface area contributed by atoms with Crippen LogP contribution in [0.1, 0.15) is 46.5 Å². The van der Waals surface area contributed by atoms with Gasteiger partial charge in [0.15, 0.2) is 0 Å². The first-order valence-corrected chi connectivity index (χ1v) is 6.64. The summed E-state index contributed by atoms with van der Waals surface area (Å²) in [4.78, 5) is 24.5. The maximum absolute atomic E-state index is 12.3. The first-order valence-electron chi connectivity index (χ1n) is 6.64. The number of hydrogen-bond donors (Lipinski definition) is 2. The van der Waals surface area contributed by atoms with E-state index in [-0.39, 0.29) is 37.4 Å². The average Bonchev–Trinajstić information content (AvgIpc) is 2.35. The highest BCUT2D eigenvalue weighted by atomic mass is 16.4. The van der Waals surface area contributed by atoms with Gasteiger partial charge in [0.25, 0.3) is 0 Å². The molecule has 0 aliphatic rings. The molecule has 0 aliphatic carbocycles. The Kier molecular flexibility index (Phi) is 8.37. The molecule has 0 rings (SSSR count). The molecule has 0 aliphatic heterocycles. The van der Waals surface area contributed by atoms with Crippen LogP contribution in [0.2, 0.25) is 0 Å². The fraction of sp³-hybridized carbons (Fsp3) is 0.846. The van der Waals surface area contributed by atoms with Crippen LogP contribution in [0.3, 0.4) is 0 Å². The summed E-state index contributed by atoms with van der Waals surface area (Å²) in [7, 11) is 0. The van der Waals surface area contributed by atoms with Crippen LogP contribution in [-0.2, 0) is 9.59 Å². The van der Waals surface area contributed by atoms with Gasteiger partial charge in [0.05, 0.1) is 19.1 Å². The van der Waals surface area contributed by atoms with Crippen LogP contribution in [0.5, 0.6) is 0 Å². The molecule has 0 radical (unpaired) electrons. The second kappa shape index (κ2) is 8.91. The number of aliphatic hydroxyl groups excluding tert-OH is 1. The molecule has 2 N–H and O–H groups in total. The van der Waals surface area contributed by atoms with Crippen molar-refractivity contribution in [3.05, 3.63) is 0 Å². The number of hydrogen-bond acceptors (Lipinski definition) is 3. The zero-order valence-electron chi connectivity index (χ0n) is 11.6. The molecule has 1 unspecified atom stereocenters. The molecule has 5 nitrogen and oxygen atoms in total. The van der Waals surface area contributed by atoms with Crippen molar-refractivity contribution in [1.82, 2.24) is 4.90 Å². The Labute approximate surface area is 109 Å². The Morgan fingerprint density at radius 1 is 1.11 bits per heavy atom. The fourth-order valence-corrected chi connectivity index (χ4v) is 2.01. The number of nitrogens with zero attached hydrogens (tertiary/aromatic N) is 1. The number of carbonyl (C=O) groups excluding carboxylic acids is 1. The molecule has 1 atom stereocenters. The number of carboxylic acids is 1. The average molecular weight is 259 g/mol. The van der Waals surface area contributed by atoms with Gasteiger partial charge >= 0.3 is 5.97 Å². The smallest absolute Gasteiger partial charge is 0.305 e. The van der Waals surface area contributed by atoms with Gasteiger partial charge in [-0.2, -0.15) is 0 Å². The van der Waals surface area contributed by atoms with Crippen molar-refractivity contribution < 1.29 is 19.8 Å². The summed E-state index contributed by atoms with van der Waals surface area (Å²) in [6, 6.07) is -0.280. The minimum atomic E-state index is -0.926. The Bertz CT molecular complexity index is 260. The van der Waals surface area contributed by atoms with Crippen LogP contribution in [-0.4, -0.2) is 46.2 Å². The maximum atomic E-state index is 12.3. The third-order valence-corrected chi connectivity index (χ3v) is 3.31. The van der Waals surface area contributed by atoms with Crippen molar-refractivity contribution in [3.63, 3.8) is 0 Å². The summed E-state index contributed by atoms with van der Waals surface area (Å²) in [6.45, 7) is 5.82. The van der Waals surface area contributed by atoms with Crippen molar-refractivity contribution in [2.24, 2.45) is 5.92 Å². The van der Waals surface area contributed by atoms with Gasteiger partial charge in [0.1, 0.15) is 0 Å². The quantitative estimate of drug-likeness (QED) is 0.657. The third-order valence-electron chi connectivity index (χ3n) is 3.31. The van der Waals surface area contributed by atoms with E-state index >= 15 is 0 Å². The zero-order chi connectivity index (χ0) is 14.1. The molecule has 106 valence electrons. The van der Waals surface area contributed by atoms with Crippen LogP contribution in [0, 0.1) is 5.92 Å². The number of aliphatic carboxylic acids is 1. The highest BCUT2D eigenvalue weighted by molar-refractivity contribution is 5.79. The van der Waals surface area contributed by atoms with E-state index in [0.29, 0.717) is 6.42 Å². The van der Waals surface area contributed by atoms with Crippen molar-refractivity contribution in [2.75, 3.05) is 13.2 Å². The molecule has 0 bridgehead atoms. The summed E-state index contributed by atoms with van der Waals surface area (Å²) in [5.74, 6) is -1.05. The first-order chi connectivity index (χ1) is 8.51. The van der Waals surface area contributed by atoms with E-state index in [1.165, 1.54) is 4.90 Å². The van der Waals surface area contributed by atoms with Gasteiger partial charge in [0, 0.05) is 12.5 Å². The normalized spacial score (nSPS) is 12.5. The molecular weight excluding hydrogens is 234 g/mol. The zero-order valence-corrected chi connectivity index (χ0v) is 11.6. The molecule has 0 heterocycles. The van der Waals surface area contributed by atoms with E-state index in [0.717, 1.165) is 12.8 Å². The van der Waals surface area contributed by atoms with E-state index in [1.807, 2.05) is 20.8 Å². The van der Waals surface area contributed by atoms with Gasteiger partial charge in [-0.3, -0.25) is 9.59 Å². The van der Waals surface area contributed by atoms with Crippen molar-refractivity contribution in [2.45, 2.75) is 52.5 Å². The summed E-state index contributed by atoms with van der Waals surface area (Å²) in [6.07, 6.45) is 2.02. The summed E-state index contributed by atoms with van der Waals surface area (Å²) in [5.41, 5.74) is 0. The molecule has 0 saturated carbocycles.